The molecule has 0 aliphatic heterocycles. The van der Waals surface area contributed by atoms with Gasteiger partial charge in [0, 0.05) is 10.0 Å². The molecular formula is C16H19BrN2O6S. The summed E-state index contributed by atoms with van der Waals surface area (Å²) < 4.78 is 6.20. The first-order valence-electron chi connectivity index (χ1n) is 7.67. The van der Waals surface area contributed by atoms with E-state index in [4.69, 9.17) is 9.84 Å². The third-order valence-electron chi connectivity index (χ3n) is 3.42. The highest BCUT2D eigenvalue weighted by atomic mass is 79.9. The number of ketones is 1. The highest BCUT2D eigenvalue weighted by Crippen LogP contribution is 2.23. The third-order valence-corrected chi connectivity index (χ3v) is 4.88. The van der Waals surface area contributed by atoms with E-state index >= 15 is 0 Å². The van der Waals surface area contributed by atoms with Gasteiger partial charge in [0.1, 0.15) is 12.2 Å². The Morgan fingerprint density at radius 1 is 1.19 bits per heavy atom. The molecule has 0 amide bonds. The molecule has 0 saturated carbocycles. The molecule has 1 aromatic carbocycles. The number of ether oxygens (including phenoxy) is 1. The minimum absolute atomic E-state index is 0.187. The minimum Gasteiger partial charge on any atom is -0.394 e. The zero-order chi connectivity index (χ0) is 19.1. The smallest absolute Gasteiger partial charge is 0.204 e. The summed E-state index contributed by atoms with van der Waals surface area (Å²) in [4.78, 5) is 16.9. The predicted molar refractivity (Wildman–Crippen MR) is 99.2 cm³/mol. The fourth-order valence-corrected chi connectivity index (χ4v) is 3.12. The van der Waals surface area contributed by atoms with E-state index in [1.807, 2.05) is 0 Å². The Hall–Kier alpha value is -1.40. The Kier molecular flexibility index (Phi) is 8.10. The van der Waals surface area contributed by atoms with Gasteiger partial charge in [-0.15, -0.1) is 0 Å². The maximum absolute atomic E-state index is 12.4. The number of nitrogens with zero attached hydrogens (tertiary/aromatic N) is 1. The Balaban J connectivity index is 2.03. The molecule has 0 bridgehead atoms. The quantitative estimate of drug-likeness (QED) is 0.264. The molecule has 0 aliphatic rings. The van der Waals surface area contributed by atoms with Gasteiger partial charge in [0.15, 0.2) is 11.4 Å². The van der Waals surface area contributed by atoms with Crippen LogP contribution >= 0.6 is 27.3 Å². The lowest BCUT2D eigenvalue weighted by atomic mass is 10.1. The molecule has 0 radical (unpaired) electrons. The van der Waals surface area contributed by atoms with Gasteiger partial charge in [0.25, 0.3) is 0 Å². The van der Waals surface area contributed by atoms with Crippen LogP contribution in [0, 0.1) is 0 Å². The lowest BCUT2D eigenvalue weighted by molar-refractivity contribution is -0.112. The van der Waals surface area contributed by atoms with Gasteiger partial charge in [-0.05, 0) is 24.3 Å². The Labute approximate surface area is 162 Å². The van der Waals surface area contributed by atoms with Gasteiger partial charge in [0.05, 0.1) is 30.9 Å². The fourth-order valence-electron chi connectivity index (χ4n) is 2.03. The molecule has 5 N–H and O–H groups in total. The number of carbonyl (C=O) groups excluding carboxylic acids is 1. The number of benzene rings is 1. The van der Waals surface area contributed by atoms with Crippen molar-refractivity contribution in [3.05, 3.63) is 45.4 Å². The van der Waals surface area contributed by atoms with Crippen molar-refractivity contribution >= 4 is 38.2 Å². The predicted octanol–water partition coefficient (Wildman–Crippen LogP) is 0.598. The van der Waals surface area contributed by atoms with Crippen molar-refractivity contribution in [1.82, 2.24) is 4.98 Å². The summed E-state index contributed by atoms with van der Waals surface area (Å²) >= 11 is 4.39. The normalized spacial score (nSPS) is 14.7. The molecule has 8 nitrogen and oxygen atoms in total. The van der Waals surface area contributed by atoms with Crippen LogP contribution in [0.2, 0.25) is 0 Å². The van der Waals surface area contributed by atoms with Crippen LogP contribution in [0.25, 0.3) is 0 Å². The molecule has 0 saturated heterocycles. The van der Waals surface area contributed by atoms with Gasteiger partial charge in [-0.1, -0.05) is 27.3 Å². The van der Waals surface area contributed by atoms with Crippen molar-refractivity contribution in [2.24, 2.45) is 0 Å². The second-order valence-electron chi connectivity index (χ2n) is 5.29. The number of nitrogens with one attached hydrogen (secondary N) is 1. The van der Waals surface area contributed by atoms with E-state index in [1.54, 1.807) is 24.3 Å². The van der Waals surface area contributed by atoms with Gasteiger partial charge in [0.2, 0.25) is 5.78 Å². The first kappa shape index (κ1) is 20.9. The standard InChI is InChI=1S/C16H19BrN2O6S/c17-10-3-1-9(2-4-10)15(24)13-5-18-16(26-13)19-14(8-22)25-12(7-21)11(23)6-20/h1-5,11-12,14,20-23H,6-8H2,(H,18,19)/t11-,12?,14-/m0/s1. The molecule has 2 aromatic rings. The van der Waals surface area contributed by atoms with Gasteiger partial charge in [-0.3, -0.25) is 4.79 Å². The molecule has 10 heteroatoms. The van der Waals surface area contributed by atoms with Gasteiger partial charge < -0.3 is 30.5 Å². The van der Waals surface area contributed by atoms with Crippen LogP contribution in [0.1, 0.15) is 15.2 Å². The third kappa shape index (κ3) is 5.55. The molecule has 0 spiro atoms. The average molecular weight is 447 g/mol. The molecule has 0 fully saturated rings. The molecule has 26 heavy (non-hydrogen) atoms. The van der Waals surface area contributed by atoms with E-state index in [-0.39, 0.29) is 5.78 Å². The van der Waals surface area contributed by atoms with Crippen LogP contribution in [-0.4, -0.2) is 69.4 Å². The fraction of sp³-hybridized carbons (Fsp3) is 0.375. The molecular weight excluding hydrogens is 428 g/mol. The number of carbonyl (C=O) groups is 1. The van der Waals surface area contributed by atoms with E-state index in [9.17, 15) is 20.1 Å². The van der Waals surface area contributed by atoms with Crippen LogP contribution in [0.4, 0.5) is 5.13 Å². The molecule has 3 atom stereocenters. The van der Waals surface area contributed by atoms with Gasteiger partial charge in [-0.25, -0.2) is 4.98 Å². The minimum atomic E-state index is -1.29. The highest BCUT2D eigenvalue weighted by Gasteiger charge is 2.23. The lowest BCUT2D eigenvalue weighted by Crippen LogP contribution is -2.41. The summed E-state index contributed by atoms with van der Waals surface area (Å²) in [6.45, 7) is -1.60. The maximum Gasteiger partial charge on any atom is 0.204 e. The van der Waals surface area contributed by atoms with E-state index in [2.05, 4.69) is 26.2 Å². The number of halogens is 1. The zero-order valence-electron chi connectivity index (χ0n) is 13.6. The van der Waals surface area contributed by atoms with Crippen molar-refractivity contribution in [3.63, 3.8) is 0 Å². The number of thiazole rings is 1. The van der Waals surface area contributed by atoms with Crippen molar-refractivity contribution in [1.29, 1.82) is 0 Å². The second kappa shape index (κ2) is 10.1. The van der Waals surface area contributed by atoms with Crippen LogP contribution < -0.4 is 5.32 Å². The molecule has 0 aliphatic carbocycles. The van der Waals surface area contributed by atoms with E-state index in [0.717, 1.165) is 15.8 Å². The number of anilines is 1. The molecule has 1 heterocycles. The first-order chi connectivity index (χ1) is 12.5. The Bertz CT molecular complexity index is 711. The van der Waals surface area contributed by atoms with Gasteiger partial charge >= 0.3 is 0 Å². The van der Waals surface area contributed by atoms with Crippen LogP contribution in [0.5, 0.6) is 0 Å². The second-order valence-corrected chi connectivity index (χ2v) is 7.23. The van der Waals surface area contributed by atoms with Crippen LogP contribution in [-0.2, 0) is 4.74 Å². The van der Waals surface area contributed by atoms with Crippen molar-refractivity contribution < 1.29 is 30.0 Å². The Morgan fingerprint density at radius 3 is 2.46 bits per heavy atom. The number of rotatable bonds is 10. The summed E-state index contributed by atoms with van der Waals surface area (Å²) in [6, 6.07) is 6.93. The summed E-state index contributed by atoms with van der Waals surface area (Å²) in [7, 11) is 0. The SMILES string of the molecule is O=C(c1ccc(Br)cc1)c1cnc(N[C@H](CO)OC(CO)[C@@H](O)CO)s1. The average Bonchev–Trinajstić information content (AvgIpc) is 3.13. The van der Waals surface area contributed by atoms with Crippen molar-refractivity contribution in [3.8, 4) is 0 Å². The van der Waals surface area contributed by atoms with E-state index in [1.165, 1.54) is 6.20 Å². The molecule has 142 valence electrons. The summed E-state index contributed by atoms with van der Waals surface area (Å²) in [6.07, 6.45) is -1.93. The highest BCUT2D eigenvalue weighted by molar-refractivity contribution is 9.10. The lowest BCUT2D eigenvalue weighted by Gasteiger charge is -2.25. The number of aliphatic hydroxyl groups is 4. The van der Waals surface area contributed by atoms with Crippen molar-refractivity contribution in [2.45, 2.75) is 18.4 Å². The monoisotopic (exact) mass is 446 g/mol. The summed E-state index contributed by atoms with van der Waals surface area (Å²) in [5, 5.41) is 40.2. The molecule has 1 aromatic heterocycles. The summed E-state index contributed by atoms with van der Waals surface area (Å²) in [5.41, 5.74) is 0.518. The molecule has 1 unspecified atom stereocenters. The number of hydrogen-bond acceptors (Lipinski definition) is 9. The molecule has 2 rings (SSSR count). The van der Waals surface area contributed by atoms with Crippen molar-refractivity contribution in [2.75, 3.05) is 25.1 Å². The Morgan fingerprint density at radius 2 is 1.88 bits per heavy atom. The topological polar surface area (TPSA) is 132 Å². The largest absolute Gasteiger partial charge is 0.394 e. The van der Waals surface area contributed by atoms with Crippen LogP contribution in [0.3, 0.4) is 0 Å². The first-order valence-corrected chi connectivity index (χ1v) is 9.28. The maximum atomic E-state index is 12.4. The number of aromatic nitrogens is 1. The number of hydrogen-bond donors (Lipinski definition) is 5. The van der Waals surface area contributed by atoms with Crippen LogP contribution in [0.15, 0.2) is 34.9 Å². The van der Waals surface area contributed by atoms with E-state index in [0.29, 0.717) is 15.6 Å². The van der Waals surface area contributed by atoms with Gasteiger partial charge in [-0.2, -0.15) is 0 Å². The number of aliphatic hydroxyl groups excluding tert-OH is 4. The summed E-state index contributed by atoms with van der Waals surface area (Å²) in [5.74, 6) is -0.187. The zero-order valence-corrected chi connectivity index (χ0v) is 16.0. The van der Waals surface area contributed by atoms with E-state index < -0.39 is 38.3 Å².